The first kappa shape index (κ1) is 22.8. The second-order valence-corrected chi connectivity index (χ2v) is 9.89. The maximum atomic E-state index is 13.6. The first-order chi connectivity index (χ1) is 16.4. The van der Waals surface area contributed by atoms with Gasteiger partial charge in [0.1, 0.15) is 5.75 Å². The standard InChI is InChI=1S/C28H26Cl2N2O2/c1-16(2)34-20-10-7-17(8-11-20)19-14-25-27(26(33)15-19)28(18-9-12-21(29)22(30)13-18)32-24-6-4-3-5-23(24)31-25/h3-13,16,19,28,31-32H,14-15H2,1-2H3. The third-order valence-electron chi connectivity index (χ3n) is 6.31. The molecule has 1 aliphatic carbocycles. The maximum absolute atomic E-state index is 13.6. The van der Waals surface area contributed by atoms with Crippen LogP contribution in [0.2, 0.25) is 10.0 Å². The number of carbonyl (C=O) groups excluding carboxylic acids is 1. The number of benzene rings is 3. The third kappa shape index (κ3) is 4.53. The number of anilines is 2. The zero-order valence-corrected chi connectivity index (χ0v) is 20.6. The van der Waals surface area contributed by atoms with E-state index in [0.29, 0.717) is 16.5 Å². The Morgan fingerprint density at radius 3 is 2.29 bits per heavy atom. The summed E-state index contributed by atoms with van der Waals surface area (Å²) in [6.07, 6.45) is 1.30. The molecule has 6 heteroatoms. The predicted molar refractivity (Wildman–Crippen MR) is 139 cm³/mol. The number of allylic oxidation sites excluding steroid dienone is 1. The van der Waals surface area contributed by atoms with Crippen LogP contribution in [0.15, 0.2) is 78.0 Å². The lowest BCUT2D eigenvalue weighted by molar-refractivity contribution is -0.116. The molecule has 0 saturated heterocycles. The summed E-state index contributed by atoms with van der Waals surface area (Å²) in [5.74, 6) is 1.05. The molecule has 0 fully saturated rings. The molecule has 5 rings (SSSR count). The van der Waals surface area contributed by atoms with Crippen molar-refractivity contribution in [3.05, 3.63) is 99.2 Å². The van der Waals surface area contributed by atoms with Gasteiger partial charge in [-0.2, -0.15) is 0 Å². The number of hydrogen-bond donors (Lipinski definition) is 2. The van der Waals surface area contributed by atoms with Crippen LogP contribution >= 0.6 is 23.2 Å². The molecule has 174 valence electrons. The molecule has 3 aromatic rings. The van der Waals surface area contributed by atoms with E-state index in [4.69, 9.17) is 27.9 Å². The van der Waals surface area contributed by atoms with Gasteiger partial charge in [-0.15, -0.1) is 0 Å². The number of nitrogens with one attached hydrogen (secondary N) is 2. The van der Waals surface area contributed by atoms with E-state index in [1.54, 1.807) is 6.07 Å². The van der Waals surface area contributed by atoms with Gasteiger partial charge in [0.25, 0.3) is 0 Å². The summed E-state index contributed by atoms with van der Waals surface area (Å²) in [5.41, 5.74) is 5.62. The highest BCUT2D eigenvalue weighted by Gasteiger charge is 2.36. The van der Waals surface area contributed by atoms with Gasteiger partial charge in [-0.25, -0.2) is 0 Å². The number of carbonyl (C=O) groups is 1. The monoisotopic (exact) mass is 492 g/mol. The van der Waals surface area contributed by atoms with E-state index in [9.17, 15) is 4.79 Å². The van der Waals surface area contributed by atoms with Gasteiger partial charge >= 0.3 is 0 Å². The SMILES string of the molecule is CC(C)Oc1ccc(C2CC(=O)C3=C(C2)Nc2ccccc2NC3c2ccc(Cl)c(Cl)c2)cc1. The molecule has 2 unspecified atom stereocenters. The minimum absolute atomic E-state index is 0.0894. The smallest absolute Gasteiger partial charge is 0.163 e. The Hall–Kier alpha value is -2.95. The van der Waals surface area contributed by atoms with Gasteiger partial charge in [0.05, 0.1) is 33.6 Å². The van der Waals surface area contributed by atoms with Crippen LogP contribution in [0.25, 0.3) is 0 Å². The van der Waals surface area contributed by atoms with Crippen LogP contribution < -0.4 is 15.4 Å². The van der Waals surface area contributed by atoms with Crippen LogP contribution in [0.5, 0.6) is 5.75 Å². The summed E-state index contributed by atoms with van der Waals surface area (Å²) in [7, 11) is 0. The predicted octanol–water partition coefficient (Wildman–Crippen LogP) is 7.76. The van der Waals surface area contributed by atoms with E-state index < -0.39 is 0 Å². The zero-order valence-electron chi connectivity index (χ0n) is 19.1. The molecule has 0 bridgehead atoms. The summed E-state index contributed by atoms with van der Waals surface area (Å²) >= 11 is 12.5. The Kier molecular flexibility index (Phi) is 6.28. The molecule has 3 aromatic carbocycles. The zero-order chi connectivity index (χ0) is 23.8. The van der Waals surface area contributed by atoms with Crippen molar-refractivity contribution in [3.63, 3.8) is 0 Å². The van der Waals surface area contributed by atoms with Gasteiger partial charge in [-0.1, -0.05) is 53.5 Å². The molecule has 34 heavy (non-hydrogen) atoms. The number of Topliss-reactive ketones (excluding diaryl/α,β-unsaturated/α-hetero) is 1. The lowest BCUT2D eigenvalue weighted by Crippen LogP contribution is -2.26. The normalized spacial score (nSPS) is 19.6. The van der Waals surface area contributed by atoms with Crippen LogP contribution in [0.4, 0.5) is 11.4 Å². The Morgan fingerprint density at radius 2 is 1.59 bits per heavy atom. The van der Waals surface area contributed by atoms with Gasteiger partial charge in [0, 0.05) is 17.7 Å². The van der Waals surface area contributed by atoms with Crippen LogP contribution in [-0.2, 0) is 4.79 Å². The van der Waals surface area contributed by atoms with E-state index in [1.165, 1.54) is 0 Å². The first-order valence-corrected chi connectivity index (χ1v) is 12.2. The Labute approximate surface area is 209 Å². The second-order valence-electron chi connectivity index (χ2n) is 9.08. The fraction of sp³-hybridized carbons (Fsp3) is 0.250. The van der Waals surface area contributed by atoms with Crippen LogP contribution in [0.3, 0.4) is 0 Å². The highest BCUT2D eigenvalue weighted by Crippen LogP contribution is 2.45. The highest BCUT2D eigenvalue weighted by molar-refractivity contribution is 6.42. The van der Waals surface area contributed by atoms with E-state index in [0.717, 1.165) is 45.9 Å². The molecular weight excluding hydrogens is 467 g/mol. The molecule has 1 heterocycles. The third-order valence-corrected chi connectivity index (χ3v) is 7.05. The average Bonchev–Trinajstić information content (AvgIpc) is 2.98. The van der Waals surface area contributed by atoms with Crippen molar-refractivity contribution >= 4 is 40.4 Å². The molecule has 0 saturated carbocycles. The van der Waals surface area contributed by atoms with Crippen molar-refractivity contribution in [2.75, 3.05) is 10.6 Å². The first-order valence-electron chi connectivity index (χ1n) is 11.5. The number of halogens is 2. The van der Waals surface area contributed by atoms with Crippen molar-refractivity contribution < 1.29 is 9.53 Å². The van der Waals surface area contributed by atoms with E-state index in [2.05, 4.69) is 22.8 Å². The number of rotatable bonds is 4. The van der Waals surface area contributed by atoms with Gasteiger partial charge in [-0.05, 0) is 73.7 Å². The number of fused-ring (bicyclic) bond motifs is 1. The molecular formula is C28H26Cl2N2O2. The molecule has 0 aromatic heterocycles. The van der Waals surface area contributed by atoms with Gasteiger partial charge in [0.2, 0.25) is 0 Å². The number of para-hydroxylation sites is 2. The van der Waals surface area contributed by atoms with Gasteiger partial charge in [0.15, 0.2) is 5.78 Å². The van der Waals surface area contributed by atoms with Crippen molar-refractivity contribution in [2.24, 2.45) is 0 Å². The summed E-state index contributed by atoms with van der Waals surface area (Å²) in [4.78, 5) is 13.6. The summed E-state index contributed by atoms with van der Waals surface area (Å²) in [5, 5.41) is 8.10. The van der Waals surface area contributed by atoms with E-state index in [-0.39, 0.29) is 23.8 Å². The quantitative estimate of drug-likeness (QED) is 0.390. The summed E-state index contributed by atoms with van der Waals surface area (Å²) < 4.78 is 5.78. The van der Waals surface area contributed by atoms with Gasteiger partial charge < -0.3 is 15.4 Å². The molecule has 2 atom stereocenters. The maximum Gasteiger partial charge on any atom is 0.163 e. The second kappa shape index (κ2) is 9.36. The van der Waals surface area contributed by atoms with Crippen molar-refractivity contribution in [1.29, 1.82) is 0 Å². The number of hydrogen-bond acceptors (Lipinski definition) is 4. The lowest BCUT2D eigenvalue weighted by Gasteiger charge is -2.30. The molecule has 1 aliphatic heterocycles. The average molecular weight is 493 g/mol. The minimum atomic E-state index is -0.323. The van der Waals surface area contributed by atoms with Crippen molar-refractivity contribution in [3.8, 4) is 5.75 Å². The molecule has 2 N–H and O–H groups in total. The molecule has 0 radical (unpaired) electrons. The fourth-order valence-electron chi connectivity index (χ4n) is 4.76. The topological polar surface area (TPSA) is 50.4 Å². The number of ketones is 1. The summed E-state index contributed by atoms with van der Waals surface area (Å²) in [6, 6.07) is 21.3. The minimum Gasteiger partial charge on any atom is -0.491 e. The van der Waals surface area contributed by atoms with Crippen molar-refractivity contribution in [1.82, 2.24) is 0 Å². The molecule has 0 amide bonds. The summed E-state index contributed by atoms with van der Waals surface area (Å²) in [6.45, 7) is 4.02. The Balaban J connectivity index is 1.53. The Bertz CT molecular complexity index is 1270. The van der Waals surface area contributed by atoms with Crippen LogP contribution in [0, 0.1) is 0 Å². The Morgan fingerprint density at radius 1 is 0.882 bits per heavy atom. The molecule has 2 aliphatic rings. The van der Waals surface area contributed by atoms with Crippen LogP contribution in [0.1, 0.15) is 49.8 Å². The van der Waals surface area contributed by atoms with Gasteiger partial charge in [-0.3, -0.25) is 4.79 Å². The van der Waals surface area contributed by atoms with E-state index >= 15 is 0 Å². The molecule has 0 spiro atoms. The lowest BCUT2D eigenvalue weighted by atomic mass is 9.78. The highest BCUT2D eigenvalue weighted by atomic mass is 35.5. The largest absolute Gasteiger partial charge is 0.491 e. The number of ether oxygens (including phenoxy) is 1. The van der Waals surface area contributed by atoms with Crippen LogP contribution in [-0.4, -0.2) is 11.9 Å². The van der Waals surface area contributed by atoms with Crippen molar-refractivity contribution in [2.45, 2.75) is 44.8 Å². The fourth-order valence-corrected chi connectivity index (χ4v) is 5.07. The van der Waals surface area contributed by atoms with E-state index in [1.807, 2.05) is 62.4 Å². The molecule has 4 nitrogen and oxygen atoms in total.